The van der Waals surface area contributed by atoms with Crippen molar-refractivity contribution >= 4 is 0 Å². The molecule has 0 radical (unpaired) electrons. The molecule has 14 heavy (non-hydrogen) atoms. The van der Waals surface area contributed by atoms with Gasteiger partial charge in [-0.25, -0.2) is 0 Å². The van der Waals surface area contributed by atoms with Gasteiger partial charge in [0.1, 0.15) is 0 Å². The lowest BCUT2D eigenvalue weighted by Gasteiger charge is -2.23. The van der Waals surface area contributed by atoms with E-state index < -0.39 is 0 Å². The highest BCUT2D eigenvalue weighted by molar-refractivity contribution is 4.69. The molecule has 0 heterocycles. The Morgan fingerprint density at radius 2 is 1.79 bits per heavy atom. The van der Waals surface area contributed by atoms with Crippen molar-refractivity contribution in [2.24, 2.45) is 5.92 Å². The topological polar surface area (TPSA) is 15.3 Å². The minimum absolute atomic E-state index is 0.673. The van der Waals surface area contributed by atoms with E-state index in [4.69, 9.17) is 0 Å². The minimum Gasteiger partial charge on any atom is -0.313 e. The van der Waals surface area contributed by atoms with Gasteiger partial charge in [0, 0.05) is 12.6 Å². The first-order valence-electron chi connectivity index (χ1n) is 5.94. The van der Waals surface area contributed by atoms with Gasteiger partial charge in [-0.3, -0.25) is 0 Å². The molecule has 0 aliphatic rings. The molecule has 0 rings (SSSR count). The standard InChI is InChI=1S/C12H28N2/c1-6-9-13-12(10-14(4)5)8-7-11(2)3/h11-13H,6-10H2,1-5H3. The fourth-order valence-electron chi connectivity index (χ4n) is 1.58. The molecular formula is C12H28N2. The number of likely N-dealkylation sites (N-methyl/N-ethyl adjacent to an activating group) is 1. The zero-order chi connectivity index (χ0) is 11.0. The second-order valence-corrected chi connectivity index (χ2v) is 4.88. The Balaban J connectivity index is 3.72. The third-order valence-corrected chi connectivity index (χ3v) is 2.36. The fourth-order valence-corrected chi connectivity index (χ4v) is 1.58. The molecule has 0 spiro atoms. The molecular weight excluding hydrogens is 172 g/mol. The summed E-state index contributed by atoms with van der Waals surface area (Å²) >= 11 is 0. The molecule has 0 saturated carbocycles. The molecule has 0 aliphatic heterocycles. The number of rotatable bonds is 8. The largest absolute Gasteiger partial charge is 0.313 e. The normalized spacial score (nSPS) is 13.9. The third-order valence-electron chi connectivity index (χ3n) is 2.36. The number of hydrogen-bond donors (Lipinski definition) is 1. The SMILES string of the molecule is CCCNC(CCC(C)C)CN(C)C. The zero-order valence-electron chi connectivity index (χ0n) is 10.6. The molecule has 0 aromatic carbocycles. The van der Waals surface area contributed by atoms with Crippen molar-refractivity contribution in [3.05, 3.63) is 0 Å². The van der Waals surface area contributed by atoms with Crippen molar-refractivity contribution in [2.75, 3.05) is 27.2 Å². The summed E-state index contributed by atoms with van der Waals surface area (Å²) in [5.41, 5.74) is 0. The predicted molar refractivity (Wildman–Crippen MR) is 64.7 cm³/mol. The molecule has 0 saturated heterocycles. The van der Waals surface area contributed by atoms with Crippen LogP contribution in [0.1, 0.15) is 40.0 Å². The molecule has 0 bridgehead atoms. The van der Waals surface area contributed by atoms with Gasteiger partial charge in [0.05, 0.1) is 0 Å². The molecule has 0 fully saturated rings. The maximum absolute atomic E-state index is 3.61. The first-order valence-corrected chi connectivity index (χ1v) is 5.94. The van der Waals surface area contributed by atoms with Crippen LogP contribution in [0, 0.1) is 5.92 Å². The first-order chi connectivity index (χ1) is 6.56. The van der Waals surface area contributed by atoms with Crippen LogP contribution in [0.25, 0.3) is 0 Å². The van der Waals surface area contributed by atoms with Crippen molar-refractivity contribution in [2.45, 2.75) is 46.1 Å². The Hall–Kier alpha value is -0.0800. The maximum atomic E-state index is 3.61. The molecule has 0 aliphatic carbocycles. The van der Waals surface area contributed by atoms with Crippen molar-refractivity contribution < 1.29 is 0 Å². The van der Waals surface area contributed by atoms with Crippen molar-refractivity contribution in [3.8, 4) is 0 Å². The summed E-state index contributed by atoms with van der Waals surface area (Å²) < 4.78 is 0. The Morgan fingerprint density at radius 3 is 2.21 bits per heavy atom. The molecule has 0 amide bonds. The summed E-state index contributed by atoms with van der Waals surface area (Å²) in [7, 11) is 4.30. The molecule has 1 atom stereocenters. The summed E-state index contributed by atoms with van der Waals surface area (Å²) in [5, 5.41) is 3.61. The quantitative estimate of drug-likeness (QED) is 0.647. The lowest BCUT2D eigenvalue weighted by Crippen LogP contribution is -2.38. The molecule has 2 nitrogen and oxygen atoms in total. The Labute approximate surface area is 90.1 Å². The van der Waals surface area contributed by atoms with Gasteiger partial charge in [-0.2, -0.15) is 0 Å². The molecule has 0 aromatic rings. The van der Waals surface area contributed by atoms with E-state index in [1.807, 2.05) is 0 Å². The van der Waals surface area contributed by atoms with Crippen LogP contribution in [0.4, 0.5) is 0 Å². The molecule has 0 aromatic heterocycles. The fraction of sp³-hybridized carbons (Fsp3) is 1.00. The molecule has 1 unspecified atom stereocenters. The highest BCUT2D eigenvalue weighted by atomic mass is 15.1. The van der Waals surface area contributed by atoms with Crippen LogP contribution in [-0.2, 0) is 0 Å². The average Bonchev–Trinajstić information content (AvgIpc) is 2.09. The van der Waals surface area contributed by atoms with E-state index in [0.29, 0.717) is 6.04 Å². The summed E-state index contributed by atoms with van der Waals surface area (Å²) in [6.45, 7) is 9.13. The van der Waals surface area contributed by atoms with Gasteiger partial charge < -0.3 is 10.2 Å². The van der Waals surface area contributed by atoms with Gasteiger partial charge in [-0.1, -0.05) is 20.8 Å². The van der Waals surface area contributed by atoms with E-state index in [9.17, 15) is 0 Å². The Bertz CT molecular complexity index is 121. The van der Waals surface area contributed by atoms with E-state index in [0.717, 1.165) is 19.0 Å². The summed E-state index contributed by atoms with van der Waals surface area (Å²) in [5.74, 6) is 0.822. The van der Waals surface area contributed by atoms with Gasteiger partial charge in [-0.05, 0) is 45.8 Å². The summed E-state index contributed by atoms with van der Waals surface area (Å²) in [4.78, 5) is 2.27. The van der Waals surface area contributed by atoms with Crippen molar-refractivity contribution in [1.82, 2.24) is 10.2 Å². The van der Waals surface area contributed by atoms with Gasteiger partial charge >= 0.3 is 0 Å². The first kappa shape index (κ1) is 13.9. The average molecular weight is 200 g/mol. The second-order valence-electron chi connectivity index (χ2n) is 4.88. The smallest absolute Gasteiger partial charge is 0.0194 e. The molecule has 1 N–H and O–H groups in total. The van der Waals surface area contributed by atoms with Gasteiger partial charge in [-0.15, -0.1) is 0 Å². The molecule has 86 valence electrons. The van der Waals surface area contributed by atoms with E-state index >= 15 is 0 Å². The highest BCUT2D eigenvalue weighted by Crippen LogP contribution is 2.07. The number of nitrogens with zero attached hydrogens (tertiary/aromatic N) is 1. The van der Waals surface area contributed by atoms with Gasteiger partial charge in [0.25, 0.3) is 0 Å². The van der Waals surface area contributed by atoms with E-state index in [2.05, 4.69) is 45.1 Å². The summed E-state index contributed by atoms with van der Waals surface area (Å²) in [6, 6.07) is 0.673. The van der Waals surface area contributed by atoms with Crippen LogP contribution in [0.15, 0.2) is 0 Å². The van der Waals surface area contributed by atoms with E-state index in [-0.39, 0.29) is 0 Å². The van der Waals surface area contributed by atoms with Crippen LogP contribution in [0.2, 0.25) is 0 Å². The highest BCUT2D eigenvalue weighted by Gasteiger charge is 2.09. The number of hydrogen-bond acceptors (Lipinski definition) is 2. The van der Waals surface area contributed by atoms with Crippen LogP contribution in [-0.4, -0.2) is 38.1 Å². The van der Waals surface area contributed by atoms with Gasteiger partial charge in [0.15, 0.2) is 0 Å². The Morgan fingerprint density at radius 1 is 1.14 bits per heavy atom. The summed E-state index contributed by atoms with van der Waals surface area (Å²) in [6.07, 6.45) is 3.86. The zero-order valence-corrected chi connectivity index (χ0v) is 10.6. The maximum Gasteiger partial charge on any atom is 0.0194 e. The van der Waals surface area contributed by atoms with Crippen LogP contribution in [0.5, 0.6) is 0 Å². The lowest BCUT2D eigenvalue weighted by molar-refractivity contribution is 0.314. The van der Waals surface area contributed by atoms with Crippen LogP contribution < -0.4 is 5.32 Å². The van der Waals surface area contributed by atoms with Gasteiger partial charge in [0.2, 0.25) is 0 Å². The predicted octanol–water partition coefficient (Wildman–Crippen LogP) is 2.35. The van der Waals surface area contributed by atoms with Crippen molar-refractivity contribution in [3.63, 3.8) is 0 Å². The van der Waals surface area contributed by atoms with Crippen molar-refractivity contribution in [1.29, 1.82) is 0 Å². The second kappa shape index (κ2) is 8.25. The monoisotopic (exact) mass is 200 g/mol. The number of nitrogens with one attached hydrogen (secondary N) is 1. The third kappa shape index (κ3) is 8.52. The minimum atomic E-state index is 0.673. The lowest BCUT2D eigenvalue weighted by atomic mass is 10.0. The van der Waals surface area contributed by atoms with Crippen LogP contribution >= 0.6 is 0 Å². The van der Waals surface area contributed by atoms with E-state index in [1.165, 1.54) is 19.3 Å². The van der Waals surface area contributed by atoms with E-state index in [1.54, 1.807) is 0 Å². The molecule has 2 heteroatoms. The van der Waals surface area contributed by atoms with Crippen LogP contribution in [0.3, 0.4) is 0 Å². The Kier molecular flexibility index (Phi) is 8.20.